The van der Waals surface area contributed by atoms with Crippen LogP contribution in [0.25, 0.3) is 0 Å². The summed E-state index contributed by atoms with van der Waals surface area (Å²) >= 11 is 0. The quantitative estimate of drug-likeness (QED) is 0.397. The summed E-state index contributed by atoms with van der Waals surface area (Å²) in [6.45, 7) is 1.69. The van der Waals surface area contributed by atoms with Crippen LogP contribution < -0.4 is 11.4 Å². The van der Waals surface area contributed by atoms with E-state index in [1.807, 2.05) is 0 Å². The summed E-state index contributed by atoms with van der Waals surface area (Å²) in [6, 6.07) is 1.39. The maximum atomic E-state index is 12.1. The zero-order valence-corrected chi connectivity index (χ0v) is 15.6. The van der Waals surface area contributed by atoms with Gasteiger partial charge in [-0.05, 0) is 12.5 Å². The summed E-state index contributed by atoms with van der Waals surface area (Å²) in [7, 11) is 0. The van der Waals surface area contributed by atoms with Crippen molar-refractivity contribution in [1.29, 1.82) is 0 Å². The van der Waals surface area contributed by atoms with Crippen molar-refractivity contribution in [3.8, 4) is 0 Å². The highest BCUT2D eigenvalue weighted by Crippen LogP contribution is 2.30. The van der Waals surface area contributed by atoms with Gasteiger partial charge in [-0.25, -0.2) is 4.79 Å². The first-order chi connectivity index (χ1) is 13.0. The molecule has 1 saturated heterocycles. The molecule has 1 aliphatic heterocycles. The number of rotatable bonds is 10. The number of aromatic nitrogens is 2. The average molecular weight is 383 g/mol. The molecule has 152 valence electrons. The first-order valence-electron chi connectivity index (χ1n) is 9.46. The largest absolute Gasteiger partial charge is 0.457 e. The van der Waals surface area contributed by atoms with Gasteiger partial charge in [-0.15, -0.1) is 0 Å². The van der Waals surface area contributed by atoms with E-state index in [9.17, 15) is 19.8 Å². The Balaban J connectivity index is 1.92. The molecule has 4 N–H and O–H groups in total. The van der Waals surface area contributed by atoms with Crippen molar-refractivity contribution in [3.05, 3.63) is 22.7 Å². The molecule has 0 saturated carbocycles. The second-order valence-electron chi connectivity index (χ2n) is 6.75. The van der Waals surface area contributed by atoms with E-state index in [0.717, 1.165) is 30.3 Å². The Bertz CT molecular complexity index is 665. The highest BCUT2D eigenvalue weighted by atomic mass is 16.6. The Hall–Kier alpha value is -1.97. The lowest BCUT2D eigenvalue weighted by Crippen LogP contribution is -2.39. The average Bonchev–Trinajstić information content (AvgIpc) is 2.94. The van der Waals surface area contributed by atoms with Crippen LogP contribution in [0.15, 0.2) is 17.1 Å². The molecule has 0 aromatic carbocycles. The molecule has 27 heavy (non-hydrogen) atoms. The number of hydrogen-bond acceptors (Lipinski definition) is 8. The van der Waals surface area contributed by atoms with Crippen LogP contribution in [0, 0.1) is 0 Å². The van der Waals surface area contributed by atoms with Gasteiger partial charge in [-0.2, -0.15) is 4.98 Å². The number of esters is 1. The van der Waals surface area contributed by atoms with Crippen molar-refractivity contribution < 1.29 is 24.5 Å². The van der Waals surface area contributed by atoms with Gasteiger partial charge in [0.05, 0.1) is 6.61 Å². The van der Waals surface area contributed by atoms with E-state index >= 15 is 0 Å². The summed E-state index contributed by atoms with van der Waals surface area (Å²) in [4.78, 5) is 27.6. The van der Waals surface area contributed by atoms with Crippen LogP contribution in [0.3, 0.4) is 0 Å². The third-order valence-electron chi connectivity index (χ3n) is 4.62. The fourth-order valence-electron chi connectivity index (χ4n) is 3.12. The van der Waals surface area contributed by atoms with Crippen molar-refractivity contribution in [2.45, 2.75) is 76.4 Å². The number of aliphatic hydroxyl groups is 2. The van der Waals surface area contributed by atoms with E-state index in [1.165, 1.54) is 18.7 Å². The highest BCUT2D eigenvalue weighted by Gasteiger charge is 2.47. The molecule has 1 aliphatic rings. The molecule has 9 nitrogen and oxygen atoms in total. The summed E-state index contributed by atoms with van der Waals surface area (Å²) in [5.41, 5.74) is 4.76. The summed E-state index contributed by atoms with van der Waals surface area (Å²) < 4.78 is 11.9. The fourth-order valence-corrected chi connectivity index (χ4v) is 3.12. The number of nitrogens with two attached hydrogens (primary N) is 1. The highest BCUT2D eigenvalue weighted by molar-refractivity contribution is 5.69. The number of ether oxygens (including phenoxy) is 2. The van der Waals surface area contributed by atoms with Gasteiger partial charge in [0.25, 0.3) is 0 Å². The van der Waals surface area contributed by atoms with E-state index in [4.69, 9.17) is 15.2 Å². The third-order valence-corrected chi connectivity index (χ3v) is 4.62. The normalized spacial score (nSPS) is 24.9. The Morgan fingerprint density at radius 3 is 2.70 bits per heavy atom. The monoisotopic (exact) mass is 383 g/mol. The molecule has 0 spiro atoms. The summed E-state index contributed by atoms with van der Waals surface area (Å²) in [6.07, 6.45) is 3.40. The predicted octanol–water partition coefficient (Wildman–Crippen LogP) is 0.738. The van der Waals surface area contributed by atoms with Crippen LogP contribution >= 0.6 is 0 Å². The molecule has 1 aromatic heterocycles. The van der Waals surface area contributed by atoms with Gasteiger partial charge < -0.3 is 25.4 Å². The first-order valence-corrected chi connectivity index (χ1v) is 9.46. The Morgan fingerprint density at radius 2 is 2.04 bits per heavy atom. The minimum atomic E-state index is -1.31. The van der Waals surface area contributed by atoms with Gasteiger partial charge in [0, 0.05) is 12.6 Å². The van der Waals surface area contributed by atoms with Crippen LogP contribution in [0.4, 0.5) is 5.82 Å². The van der Waals surface area contributed by atoms with Crippen LogP contribution in [-0.4, -0.2) is 50.7 Å². The van der Waals surface area contributed by atoms with E-state index in [-0.39, 0.29) is 12.2 Å². The predicted molar refractivity (Wildman–Crippen MR) is 97.8 cm³/mol. The van der Waals surface area contributed by atoms with Gasteiger partial charge in [-0.1, -0.05) is 39.0 Å². The molecule has 1 aromatic rings. The number of nitrogen functional groups attached to an aromatic ring is 1. The van der Waals surface area contributed by atoms with Gasteiger partial charge in [-0.3, -0.25) is 9.36 Å². The summed E-state index contributed by atoms with van der Waals surface area (Å²) in [5.74, 6) is -0.413. The number of nitrogens with zero attached hydrogens (tertiary/aromatic N) is 2. The Kier molecular flexibility index (Phi) is 8.21. The van der Waals surface area contributed by atoms with Gasteiger partial charge in [0.15, 0.2) is 12.3 Å². The third kappa shape index (κ3) is 5.75. The van der Waals surface area contributed by atoms with E-state index in [2.05, 4.69) is 11.9 Å². The lowest BCUT2D eigenvalue weighted by molar-refractivity contribution is -0.156. The second kappa shape index (κ2) is 10.4. The zero-order chi connectivity index (χ0) is 19.8. The van der Waals surface area contributed by atoms with Gasteiger partial charge in [0.1, 0.15) is 18.0 Å². The van der Waals surface area contributed by atoms with Gasteiger partial charge >= 0.3 is 11.7 Å². The maximum Gasteiger partial charge on any atom is 0.351 e. The van der Waals surface area contributed by atoms with Crippen molar-refractivity contribution in [3.63, 3.8) is 0 Å². The second-order valence-corrected chi connectivity index (χ2v) is 6.75. The standard InChI is InChI=1S/C18H29N3O6/c1-2-3-4-5-6-7-8-14(23)27-16-12(11-22)26-17(15(16)24)21-10-9-13(19)20-18(21)25/h9-10,12,15-17,22,24H,2-8,11H2,1H3,(H2,19,20,25)/t12-,15+,16-,17-/m1/s1. The molecule has 0 aliphatic carbocycles. The molecule has 1 fully saturated rings. The summed E-state index contributed by atoms with van der Waals surface area (Å²) in [5, 5.41) is 20.0. The first kappa shape index (κ1) is 21.3. The number of hydrogen-bond donors (Lipinski definition) is 3. The minimum absolute atomic E-state index is 0.0457. The van der Waals surface area contributed by atoms with Crippen molar-refractivity contribution in [2.24, 2.45) is 0 Å². The number of carbonyl (C=O) groups is 1. The number of unbranched alkanes of at least 4 members (excludes halogenated alkanes) is 5. The van der Waals surface area contributed by atoms with Crippen LogP contribution in [0.5, 0.6) is 0 Å². The molecular weight excluding hydrogens is 354 g/mol. The lowest BCUT2D eigenvalue weighted by atomic mass is 10.1. The molecule has 0 amide bonds. The number of aliphatic hydroxyl groups excluding tert-OH is 2. The van der Waals surface area contributed by atoms with Crippen molar-refractivity contribution in [2.75, 3.05) is 12.3 Å². The number of carbonyl (C=O) groups excluding carboxylic acids is 1. The maximum absolute atomic E-state index is 12.1. The van der Waals surface area contributed by atoms with Crippen LogP contribution in [-0.2, 0) is 14.3 Å². The number of anilines is 1. The molecule has 9 heteroatoms. The zero-order valence-electron chi connectivity index (χ0n) is 15.6. The van der Waals surface area contributed by atoms with E-state index in [0.29, 0.717) is 6.42 Å². The topological polar surface area (TPSA) is 137 Å². The molecule has 0 bridgehead atoms. The Labute approximate surface area is 158 Å². The molecule has 4 atom stereocenters. The van der Waals surface area contributed by atoms with Crippen molar-refractivity contribution >= 4 is 11.8 Å². The SMILES string of the molecule is CCCCCCCCC(=O)O[C@H]1[C@H](O)[C@H](n2ccc(N)nc2=O)O[C@@H]1CO. The minimum Gasteiger partial charge on any atom is -0.457 e. The lowest BCUT2D eigenvalue weighted by Gasteiger charge is -2.20. The fraction of sp³-hybridized carbons (Fsp3) is 0.722. The Morgan fingerprint density at radius 1 is 1.33 bits per heavy atom. The molecule has 2 heterocycles. The van der Waals surface area contributed by atoms with E-state index in [1.54, 1.807) is 0 Å². The molecule has 0 radical (unpaired) electrons. The van der Waals surface area contributed by atoms with Crippen LogP contribution in [0.2, 0.25) is 0 Å². The molecular formula is C18H29N3O6. The van der Waals surface area contributed by atoms with Crippen LogP contribution in [0.1, 0.15) is 58.1 Å². The molecule has 2 rings (SSSR count). The smallest absolute Gasteiger partial charge is 0.351 e. The van der Waals surface area contributed by atoms with E-state index < -0.39 is 42.8 Å². The molecule has 0 unspecified atom stereocenters. The van der Waals surface area contributed by atoms with Gasteiger partial charge in [0.2, 0.25) is 0 Å². The van der Waals surface area contributed by atoms with Crippen molar-refractivity contribution in [1.82, 2.24) is 9.55 Å².